The second-order valence-corrected chi connectivity index (χ2v) is 3.06. The molecule has 0 aliphatic rings. The molecule has 2 N–H and O–H groups in total. The second kappa shape index (κ2) is 9.49. The van der Waals surface area contributed by atoms with E-state index >= 15 is 0 Å². The van der Waals surface area contributed by atoms with Gasteiger partial charge >= 0.3 is 63.3 Å². The minimum absolute atomic E-state index is 0. The van der Waals surface area contributed by atoms with Crippen LogP contribution in [0, 0.1) is 0 Å². The molecule has 0 aliphatic heterocycles. The molecule has 0 atom stereocenters. The van der Waals surface area contributed by atoms with Gasteiger partial charge in [0.15, 0.2) is 0 Å². The van der Waals surface area contributed by atoms with Gasteiger partial charge in [-0.1, -0.05) is 12.1 Å². The van der Waals surface area contributed by atoms with E-state index in [1.165, 1.54) is 38.1 Å². The molecule has 0 radical (unpaired) electrons. The van der Waals surface area contributed by atoms with Crippen LogP contribution in [0.15, 0.2) is 24.3 Å². The van der Waals surface area contributed by atoms with E-state index in [0.29, 0.717) is 0 Å². The molecule has 0 aliphatic carbocycles. The summed E-state index contributed by atoms with van der Waals surface area (Å²) in [4.78, 5) is 30.4. The Bertz CT molecular complexity index is 377. The van der Waals surface area contributed by atoms with Crippen molar-refractivity contribution in [2.24, 2.45) is 0 Å². The number of rotatable bonds is 2. The van der Waals surface area contributed by atoms with Gasteiger partial charge in [0, 0.05) is 0 Å². The first-order valence-electron chi connectivity index (χ1n) is 4.39. The average molecular weight is 264 g/mol. The molecule has 1 aromatic carbocycles. The summed E-state index contributed by atoms with van der Waals surface area (Å²) in [7, 11) is 0. The molecule has 0 bridgehead atoms. The van der Waals surface area contributed by atoms with Crippen molar-refractivity contribution in [2.75, 3.05) is 0 Å². The van der Waals surface area contributed by atoms with Crippen molar-refractivity contribution < 1.29 is 24.6 Å². The quantitative estimate of drug-likeness (QED) is 0.778. The number of carboxylic acid groups (broad SMARTS) is 2. The summed E-state index contributed by atoms with van der Waals surface area (Å²) in [6.45, 7) is 3.06. The van der Waals surface area contributed by atoms with Crippen molar-refractivity contribution in [3.05, 3.63) is 35.4 Å². The van der Waals surface area contributed by atoms with Crippen LogP contribution in [0.25, 0.3) is 0 Å². The molecule has 0 aromatic heterocycles. The molecule has 0 saturated heterocycles. The third-order valence-corrected chi connectivity index (χ3v) is 1.39. The third kappa shape index (κ3) is 8.22. The first-order valence-corrected chi connectivity index (χ1v) is 4.39. The molecule has 6 heteroatoms. The SMILES string of the molecule is CC(C)=O.O=C(O)c1ccccc1C(=O)O.[KH]. The first kappa shape index (κ1) is 18.8. The van der Waals surface area contributed by atoms with Gasteiger partial charge in [0.2, 0.25) is 0 Å². The fraction of sp³-hybridized carbons (Fsp3) is 0.182. The summed E-state index contributed by atoms with van der Waals surface area (Å²) in [5.41, 5.74) is -0.380. The van der Waals surface area contributed by atoms with E-state index in [9.17, 15) is 14.4 Å². The van der Waals surface area contributed by atoms with E-state index in [1.807, 2.05) is 0 Å². The topological polar surface area (TPSA) is 91.7 Å². The summed E-state index contributed by atoms with van der Waals surface area (Å²) < 4.78 is 0. The van der Waals surface area contributed by atoms with Gasteiger partial charge in [-0.25, -0.2) is 9.59 Å². The number of hydrogen-bond donors (Lipinski definition) is 2. The summed E-state index contributed by atoms with van der Waals surface area (Å²) in [5, 5.41) is 17.1. The Morgan fingerprint density at radius 1 is 0.882 bits per heavy atom. The van der Waals surface area contributed by atoms with Gasteiger partial charge in [0.05, 0.1) is 11.1 Å². The molecule has 0 saturated carbocycles. The zero-order chi connectivity index (χ0) is 12.7. The van der Waals surface area contributed by atoms with Gasteiger partial charge in [-0.05, 0) is 26.0 Å². The van der Waals surface area contributed by atoms with Crippen molar-refractivity contribution in [3.63, 3.8) is 0 Å². The molecule has 0 amide bonds. The zero-order valence-corrected chi connectivity index (χ0v) is 8.93. The van der Waals surface area contributed by atoms with Crippen molar-refractivity contribution >= 4 is 69.1 Å². The summed E-state index contributed by atoms with van der Waals surface area (Å²) in [6, 6.07) is 5.48. The van der Waals surface area contributed by atoms with Crippen LogP contribution in [0.2, 0.25) is 0 Å². The van der Waals surface area contributed by atoms with Crippen molar-refractivity contribution in [1.29, 1.82) is 0 Å². The molecule has 0 spiro atoms. The number of carbonyl (C=O) groups is 3. The van der Waals surface area contributed by atoms with Gasteiger partial charge in [-0.2, -0.15) is 0 Å². The Kier molecular flexibility index (Phi) is 10.5. The molecule has 17 heavy (non-hydrogen) atoms. The van der Waals surface area contributed by atoms with E-state index in [4.69, 9.17) is 10.2 Å². The Morgan fingerprint density at radius 3 is 1.29 bits per heavy atom. The maximum atomic E-state index is 10.5. The van der Waals surface area contributed by atoms with Crippen LogP contribution in [0.1, 0.15) is 34.6 Å². The van der Waals surface area contributed by atoms with Crippen LogP contribution in [0.5, 0.6) is 0 Å². The first-order chi connectivity index (χ1) is 7.36. The molecule has 1 rings (SSSR count). The molecule has 0 unspecified atom stereocenters. The number of carboxylic acids is 2. The molecule has 0 fully saturated rings. The molecular weight excluding hydrogens is 251 g/mol. The fourth-order valence-electron chi connectivity index (χ4n) is 0.856. The predicted octanol–water partition coefficient (Wildman–Crippen LogP) is 1.03. The van der Waals surface area contributed by atoms with Crippen LogP contribution < -0.4 is 0 Å². The Morgan fingerprint density at radius 2 is 1.12 bits per heavy atom. The standard InChI is InChI=1S/C8H6O4.C3H6O.K.H/c9-7(10)5-3-1-2-4-6(5)8(11)12;1-3(2)4;;/h1-4H,(H,9,10)(H,11,12);1-2H3;;. The number of ketones is 1. The van der Waals surface area contributed by atoms with Crippen molar-refractivity contribution in [1.82, 2.24) is 0 Å². The minimum atomic E-state index is -1.23. The van der Waals surface area contributed by atoms with Crippen LogP contribution in [-0.4, -0.2) is 79.3 Å². The predicted molar refractivity (Wildman–Crippen MR) is 63.9 cm³/mol. The van der Waals surface area contributed by atoms with Gasteiger partial charge in [-0.15, -0.1) is 0 Å². The summed E-state index contributed by atoms with van der Waals surface area (Å²) in [5.74, 6) is -2.29. The molecule has 88 valence electrons. The van der Waals surface area contributed by atoms with E-state index in [0.717, 1.165) is 0 Å². The third-order valence-electron chi connectivity index (χ3n) is 1.39. The summed E-state index contributed by atoms with van der Waals surface area (Å²) in [6.07, 6.45) is 0. The summed E-state index contributed by atoms with van der Waals surface area (Å²) >= 11 is 0. The van der Waals surface area contributed by atoms with E-state index in [1.54, 1.807) is 0 Å². The van der Waals surface area contributed by atoms with E-state index < -0.39 is 11.9 Å². The fourth-order valence-corrected chi connectivity index (χ4v) is 0.856. The van der Waals surface area contributed by atoms with Crippen molar-refractivity contribution in [3.8, 4) is 0 Å². The zero-order valence-electron chi connectivity index (χ0n) is 8.93. The van der Waals surface area contributed by atoms with Gasteiger partial charge in [0.25, 0.3) is 0 Å². The van der Waals surface area contributed by atoms with Crippen LogP contribution >= 0.6 is 0 Å². The number of benzene rings is 1. The van der Waals surface area contributed by atoms with Gasteiger partial charge in [0.1, 0.15) is 5.78 Å². The molecule has 1 aromatic rings. The number of hydrogen-bond acceptors (Lipinski definition) is 3. The number of aromatic carboxylic acids is 2. The Balaban J connectivity index is 0. The average Bonchev–Trinajstić information content (AvgIpc) is 2.16. The van der Waals surface area contributed by atoms with Crippen LogP contribution in [0.3, 0.4) is 0 Å². The molecular formula is C11H13KO5. The Hall–Kier alpha value is -0.534. The van der Waals surface area contributed by atoms with Crippen LogP contribution in [-0.2, 0) is 4.79 Å². The molecule has 0 heterocycles. The maximum absolute atomic E-state index is 10.5. The molecule has 5 nitrogen and oxygen atoms in total. The van der Waals surface area contributed by atoms with Crippen molar-refractivity contribution in [2.45, 2.75) is 13.8 Å². The van der Waals surface area contributed by atoms with Gasteiger partial charge in [-0.3, -0.25) is 0 Å². The second-order valence-electron chi connectivity index (χ2n) is 3.06. The normalized spacial score (nSPS) is 8.12. The Labute approximate surface area is 141 Å². The van der Waals surface area contributed by atoms with Gasteiger partial charge < -0.3 is 15.0 Å². The van der Waals surface area contributed by atoms with E-state index in [2.05, 4.69) is 0 Å². The monoisotopic (exact) mass is 264 g/mol. The number of Topliss-reactive ketones (excluding diaryl/α,β-unsaturated/α-hetero) is 1. The van der Waals surface area contributed by atoms with E-state index in [-0.39, 0.29) is 68.3 Å². The number of carbonyl (C=O) groups excluding carboxylic acids is 1. The van der Waals surface area contributed by atoms with Crippen LogP contribution in [0.4, 0.5) is 0 Å².